The van der Waals surface area contributed by atoms with Crippen molar-refractivity contribution in [3.8, 4) is 10.7 Å². The van der Waals surface area contributed by atoms with Crippen LogP contribution in [-0.2, 0) is 0 Å². The molecular weight excluding hydrogens is 322 g/mol. The molecule has 4 heterocycles. The van der Waals surface area contributed by atoms with Crippen LogP contribution in [0.3, 0.4) is 0 Å². The lowest BCUT2D eigenvalue weighted by Gasteiger charge is -2.33. The van der Waals surface area contributed by atoms with Crippen molar-refractivity contribution in [3.05, 3.63) is 29.7 Å². The molecule has 0 radical (unpaired) electrons. The third-order valence-corrected chi connectivity index (χ3v) is 6.09. The minimum atomic E-state index is 0.116. The van der Waals surface area contributed by atoms with Gasteiger partial charge in [-0.1, -0.05) is 0 Å². The van der Waals surface area contributed by atoms with E-state index in [2.05, 4.69) is 31.8 Å². The van der Waals surface area contributed by atoms with Gasteiger partial charge in [-0.25, -0.2) is 4.98 Å². The summed E-state index contributed by atoms with van der Waals surface area (Å²) in [5, 5.41) is 0.750. The lowest BCUT2D eigenvalue weighted by molar-refractivity contribution is 0.0669. The molecular formula is C17H21N5OS. The van der Waals surface area contributed by atoms with Gasteiger partial charge < -0.3 is 9.80 Å². The molecule has 2 aliphatic heterocycles. The fourth-order valence-corrected chi connectivity index (χ4v) is 4.74. The summed E-state index contributed by atoms with van der Waals surface area (Å²) in [6, 6.07) is 0.843. The Morgan fingerprint density at radius 2 is 1.96 bits per heavy atom. The van der Waals surface area contributed by atoms with Crippen LogP contribution in [0, 0.1) is 0 Å². The molecule has 1 amide bonds. The lowest BCUT2D eigenvalue weighted by Crippen LogP contribution is -2.46. The predicted molar refractivity (Wildman–Crippen MR) is 92.9 cm³/mol. The molecule has 2 atom stereocenters. The van der Waals surface area contributed by atoms with E-state index < -0.39 is 0 Å². The summed E-state index contributed by atoms with van der Waals surface area (Å²) in [4.78, 5) is 30.9. The maximum Gasteiger partial charge on any atom is 0.265 e. The molecule has 0 bridgehead atoms. The Balaban J connectivity index is 1.54. The number of nitrogens with zero attached hydrogens (tertiary/aromatic N) is 5. The van der Waals surface area contributed by atoms with E-state index in [4.69, 9.17) is 0 Å². The van der Waals surface area contributed by atoms with Crippen LogP contribution in [-0.4, -0.2) is 62.9 Å². The van der Waals surface area contributed by atoms with Gasteiger partial charge in [0.05, 0.1) is 12.4 Å². The van der Waals surface area contributed by atoms with E-state index in [1.165, 1.54) is 24.2 Å². The average molecular weight is 343 g/mol. The molecule has 6 nitrogen and oxygen atoms in total. The second-order valence-electron chi connectivity index (χ2n) is 6.52. The summed E-state index contributed by atoms with van der Waals surface area (Å²) < 4.78 is 0. The highest BCUT2D eigenvalue weighted by Crippen LogP contribution is 2.32. The normalized spacial score (nSPS) is 24.6. The molecule has 126 valence electrons. The molecule has 4 rings (SSSR count). The molecule has 0 spiro atoms. The van der Waals surface area contributed by atoms with Gasteiger partial charge in [0.25, 0.3) is 5.91 Å². The van der Waals surface area contributed by atoms with Crippen LogP contribution < -0.4 is 0 Å². The molecule has 2 fully saturated rings. The van der Waals surface area contributed by atoms with Gasteiger partial charge in [0.2, 0.25) is 0 Å². The molecule has 0 saturated carbocycles. The van der Waals surface area contributed by atoms with Crippen molar-refractivity contribution in [2.75, 3.05) is 20.1 Å². The van der Waals surface area contributed by atoms with Gasteiger partial charge in [-0.3, -0.25) is 14.8 Å². The summed E-state index contributed by atoms with van der Waals surface area (Å²) in [6.07, 6.45) is 11.3. The summed E-state index contributed by atoms with van der Waals surface area (Å²) in [6.45, 7) is 1.99. The number of thiazole rings is 1. The quantitative estimate of drug-likeness (QED) is 0.856. The Hall–Kier alpha value is -1.86. The van der Waals surface area contributed by atoms with Crippen molar-refractivity contribution in [3.63, 3.8) is 0 Å². The third-order valence-electron chi connectivity index (χ3n) is 5.08. The van der Waals surface area contributed by atoms with E-state index in [9.17, 15) is 4.79 Å². The van der Waals surface area contributed by atoms with Crippen LogP contribution in [0.4, 0.5) is 0 Å². The minimum Gasteiger partial charge on any atom is -0.333 e. The first kappa shape index (κ1) is 15.7. The fourth-order valence-electron chi connectivity index (χ4n) is 3.91. The van der Waals surface area contributed by atoms with Gasteiger partial charge in [-0.05, 0) is 39.3 Å². The minimum absolute atomic E-state index is 0.116. The van der Waals surface area contributed by atoms with Gasteiger partial charge in [-0.15, -0.1) is 11.3 Å². The van der Waals surface area contributed by atoms with Gasteiger partial charge in [0.1, 0.15) is 15.6 Å². The van der Waals surface area contributed by atoms with Gasteiger partial charge >= 0.3 is 0 Å². The molecule has 0 aromatic carbocycles. The lowest BCUT2D eigenvalue weighted by atomic mass is 10.0. The Morgan fingerprint density at radius 3 is 2.71 bits per heavy atom. The van der Waals surface area contributed by atoms with Crippen LogP contribution in [0.2, 0.25) is 0 Å². The van der Waals surface area contributed by atoms with Crippen LogP contribution in [0.1, 0.15) is 35.4 Å². The van der Waals surface area contributed by atoms with Crippen LogP contribution in [0.5, 0.6) is 0 Å². The van der Waals surface area contributed by atoms with E-state index in [0.717, 1.165) is 36.6 Å². The summed E-state index contributed by atoms with van der Waals surface area (Å²) in [5.41, 5.74) is 0.718. The van der Waals surface area contributed by atoms with Gasteiger partial charge in [0, 0.05) is 31.0 Å². The monoisotopic (exact) mass is 343 g/mol. The zero-order chi connectivity index (χ0) is 16.5. The number of amides is 1. The zero-order valence-electron chi connectivity index (χ0n) is 13.8. The molecule has 7 heteroatoms. The number of carbonyl (C=O) groups is 1. The van der Waals surface area contributed by atoms with E-state index in [1.807, 2.05) is 0 Å². The van der Waals surface area contributed by atoms with Gasteiger partial charge in [0.15, 0.2) is 0 Å². The van der Waals surface area contributed by atoms with E-state index in [-0.39, 0.29) is 5.91 Å². The van der Waals surface area contributed by atoms with Crippen molar-refractivity contribution in [1.29, 1.82) is 0 Å². The number of hydrogen-bond acceptors (Lipinski definition) is 6. The molecule has 24 heavy (non-hydrogen) atoms. The summed E-state index contributed by atoms with van der Waals surface area (Å²) in [5.74, 6) is 0.116. The SMILES string of the molecule is CN1CCC[C@@H]1[C@H]1CCCN1C(=O)c1cnc(-c2cnccn2)s1. The molecule has 2 saturated heterocycles. The Labute approximate surface area is 145 Å². The average Bonchev–Trinajstić information content (AvgIpc) is 3.35. The van der Waals surface area contributed by atoms with Crippen LogP contribution in [0.25, 0.3) is 10.7 Å². The van der Waals surface area contributed by atoms with Crippen molar-refractivity contribution in [2.24, 2.45) is 0 Å². The van der Waals surface area contributed by atoms with Crippen molar-refractivity contribution >= 4 is 17.2 Å². The molecule has 2 aromatic heterocycles. The standard InChI is InChI=1S/C17H21N5OS/c1-21-8-2-4-13(21)14-5-3-9-22(14)17(23)15-11-20-16(24-15)12-10-18-6-7-19-12/h6-7,10-11,13-14H,2-5,8-9H2,1H3/t13-,14-/m1/s1. The van der Waals surface area contributed by atoms with Gasteiger partial charge in [-0.2, -0.15) is 0 Å². The Kier molecular flexibility index (Phi) is 4.28. The number of rotatable bonds is 3. The molecule has 2 aromatic rings. The maximum absolute atomic E-state index is 13.0. The van der Waals surface area contributed by atoms with Crippen LogP contribution in [0.15, 0.2) is 24.8 Å². The first-order valence-corrected chi connectivity index (χ1v) is 9.29. The fraction of sp³-hybridized carbons (Fsp3) is 0.529. The number of hydrogen-bond donors (Lipinski definition) is 0. The number of aromatic nitrogens is 3. The summed E-state index contributed by atoms with van der Waals surface area (Å²) >= 11 is 1.41. The van der Waals surface area contributed by atoms with E-state index >= 15 is 0 Å². The predicted octanol–water partition coefficient (Wildman–Crippen LogP) is 2.30. The number of likely N-dealkylation sites (tertiary alicyclic amines) is 2. The Morgan fingerprint density at radius 1 is 1.12 bits per heavy atom. The second-order valence-corrected chi connectivity index (χ2v) is 7.55. The highest BCUT2D eigenvalue weighted by atomic mass is 32.1. The summed E-state index contributed by atoms with van der Waals surface area (Å²) in [7, 11) is 2.18. The van der Waals surface area contributed by atoms with E-state index in [1.54, 1.807) is 24.8 Å². The molecule has 0 aliphatic carbocycles. The highest BCUT2D eigenvalue weighted by molar-refractivity contribution is 7.16. The zero-order valence-corrected chi connectivity index (χ0v) is 14.6. The largest absolute Gasteiger partial charge is 0.333 e. The van der Waals surface area contributed by atoms with Crippen molar-refractivity contribution in [1.82, 2.24) is 24.8 Å². The second kappa shape index (κ2) is 6.57. The first-order chi connectivity index (χ1) is 11.7. The number of carbonyl (C=O) groups excluding carboxylic acids is 1. The first-order valence-electron chi connectivity index (χ1n) is 8.47. The van der Waals surface area contributed by atoms with Crippen LogP contribution >= 0.6 is 11.3 Å². The highest BCUT2D eigenvalue weighted by Gasteiger charge is 2.39. The number of likely N-dealkylation sites (N-methyl/N-ethyl adjacent to an activating group) is 1. The van der Waals surface area contributed by atoms with E-state index in [0.29, 0.717) is 17.0 Å². The molecule has 2 aliphatic rings. The van der Waals surface area contributed by atoms with Crippen molar-refractivity contribution < 1.29 is 4.79 Å². The third kappa shape index (κ3) is 2.82. The maximum atomic E-state index is 13.0. The Bertz CT molecular complexity index is 719. The smallest absolute Gasteiger partial charge is 0.265 e. The molecule has 0 N–H and O–H groups in total. The van der Waals surface area contributed by atoms with Crippen molar-refractivity contribution in [2.45, 2.75) is 37.8 Å². The molecule has 0 unspecified atom stereocenters. The topological polar surface area (TPSA) is 62.2 Å².